The zero-order valence-electron chi connectivity index (χ0n) is 22.4. The molecule has 7 heteroatoms. The lowest BCUT2D eigenvalue weighted by atomic mass is 10.1. The van der Waals surface area contributed by atoms with Crippen molar-refractivity contribution in [2.45, 2.75) is 19.9 Å². The molecule has 1 aromatic heterocycles. The number of aliphatic imine (C=N–C) groups is 1. The molecule has 2 heterocycles. The molecule has 1 aliphatic rings. The fourth-order valence-electron chi connectivity index (χ4n) is 4.90. The minimum Gasteiger partial charge on any atom is -0.342 e. The molecule has 0 bridgehead atoms. The molecule has 4 aromatic carbocycles. The fourth-order valence-corrected chi connectivity index (χ4v) is 6.24. The zero-order valence-corrected chi connectivity index (χ0v) is 24.8. The highest BCUT2D eigenvalue weighted by atomic mass is 35.5. The molecule has 204 valence electrons. The molecule has 6 rings (SSSR count). The van der Waals surface area contributed by atoms with Crippen molar-refractivity contribution in [1.82, 2.24) is 9.47 Å². The topological polar surface area (TPSA) is 37.6 Å². The lowest BCUT2D eigenvalue weighted by Gasteiger charge is -2.15. The third-order valence-electron chi connectivity index (χ3n) is 7.06. The molecule has 0 spiro atoms. The Bertz CT molecular complexity index is 1790. The molecule has 41 heavy (non-hydrogen) atoms. The highest BCUT2D eigenvalue weighted by Crippen LogP contribution is 2.36. The summed E-state index contributed by atoms with van der Waals surface area (Å²) >= 11 is 13.8. The molecule has 0 N–H and O–H groups in total. The summed E-state index contributed by atoms with van der Waals surface area (Å²) in [5, 5.41) is 2.84. The number of amidine groups is 1. The van der Waals surface area contributed by atoms with Crippen molar-refractivity contribution in [3.63, 3.8) is 0 Å². The number of aryl methyl sites for hydroxylation is 1. The van der Waals surface area contributed by atoms with Crippen LogP contribution in [0.4, 0.5) is 5.69 Å². The first-order valence-corrected chi connectivity index (χ1v) is 14.9. The van der Waals surface area contributed by atoms with Gasteiger partial charge in [-0.05, 0) is 72.6 Å². The number of halogens is 2. The number of rotatable bonds is 7. The van der Waals surface area contributed by atoms with Crippen LogP contribution in [0.2, 0.25) is 10.0 Å². The molecule has 0 atom stereocenters. The highest BCUT2D eigenvalue weighted by Gasteiger charge is 2.33. The van der Waals surface area contributed by atoms with Gasteiger partial charge in [-0.1, -0.05) is 95.5 Å². The first-order chi connectivity index (χ1) is 19.9. The number of nitrogens with zero attached hydrogens (tertiary/aromatic N) is 3. The van der Waals surface area contributed by atoms with Crippen molar-refractivity contribution in [2.75, 3.05) is 6.54 Å². The minimum atomic E-state index is -0.0295. The van der Waals surface area contributed by atoms with E-state index in [2.05, 4.69) is 42.0 Å². The molecule has 1 aliphatic heterocycles. The monoisotopic (exact) mass is 595 g/mol. The van der Waals surface area contributed by atoms with Crippen LogP contribution in [0, 0.1) is 6.92 Å². The van der Waals surface area contributed by atoms with Gasteiger partial charge in [0.05, 0.1) is 20.6 Å². The van der Waals surface area contributed by atoms with Crippen molar-refractivity contribution >= 4 is 68.7 Å². The van der Waals surface area contributed by atoms with E-state index >= 15 is 0 Å². The standard InChI is InChI=1S/C34H27Cl2N3OS/c1-23-11-14-27(15-12-23)37-34-39(18-17-24-7-3-2-4-8-24)33(40)32(41-34)20-26-22-38(31-10-6-5-9-28(26)31)21-25-13-16-29(35)30(36)19-25/h2-16,19-20,22H,17-18,21H2,1H3/b32-20+,37-34?. The molecule has 1 fully saturated rings. The number of thioether (sulfide) groups is 1. The van der Waals surface area contributed by atoms with Crippen LogP contribution in [0.15, 0.2) is 113 Å². The Morgan fingerprint density at radius 1 is 0.854 bits per heavy atom. The van der Waals surface area contributed by atoms with E-state index in [-0.39, 0.29) is 5.91 Å². The van der Waals surface area contributed by atoms with Crippen molar-refractivity contribution in [2.24, 2.45) is 4.99 Å². The summed E-state index contributed by atoms with van der Waals surface area (Å²) < 4.78 is 2.18. The summed E-state index contributed by atoms with van der Waals surface area (Å²) in [6, 6.07) is 32.2. The predicted octanol–water partition coefficient (Wildman–Crippen LogP) is 9.15. The number of aromatic nitrogens is 1. The number of benzene rings is 4. The maximum atomic E-state index is 13.8. The molecule has 0 unspecified atom stereocenters. The average molecular weight is 597 g/mol. The van der Waals surface area contributed by atoms with E-state index < -0.39 is 0 Å². The first kappa shape index (κ1) is 27.4. The molecular formula is C34H27Cl2N3OS. The van der Waals surface area contributed by atoms with Crippen LogP contribution < -0.4 is 0 Å². The van der Waals surface area contributed by atoms with Crippen molar-refractivity contribution < 1.29 is 4.79 Å². The Hall–Kier alpha value is -3.77. The van der Waals surface area contributed by atoms with Crippen molar-refractivity contribution in [1.29, 1.82) is 0 Å². The van der Waals surface area contributed by atoms with Gasteiger partial charge in [0, 0.05) is 35.8 Å². The van der Waals surface area contributed by atoms with Gasteiger partial charge in [-0.25, -0.2) is 4.99 Å². The van der Waals surface area contributed by atoms with Gasteiger partial charge in [0.1, 0.15) is 0 Å². The Kier molecular flexibility index (Phi) is 8.02. The molecule has 0 aliphatic carbocycles. The molecule has 4 nitrogen and oxygen atoms in total. The molecule has 0 saturated carbocycles. The maximum absolute atomic E-state index is 13.8. The quantitative estimate of drug-likeness (QED) is 0.176. The Labute approximate surface area is 253 Å². The summed E-state index contributed by atoms with van der Waals surface area (Å²) in [4.78, 5) is 21.2. The van der Waals surface area contributed by atoms with Gasteiger partial charge in [-0.15, -0.1) is 0 Å². The van der Waals surface area contributed by atoms with E-state index in [1.165, 1.54) is 22.9 Å². The molecular weight excluding hydrogens is 569 g/mol. The second-order valence-electron chi connectivity index (χ2n) is 10.0. The number of carbonyl (C=O) groups is 1. The molecule has 1 saturated heterocycles. The number of carbonyl (C=O) groups excluding carboxylic acids is 1. The van der Waals surface area contributed by atoms with Crippen LogP contribution in [-0.2, 0) is 17.8 Å². The van der Waals surface area contributed by atoms with E-state index in [9.17, 15) is 4.79 Å². The number of hydrogen-bond donors (Lipinski definition) is 0. The van der Waals surface area contributed by atoms with Gasteiger partial charge in [-0.2, -0.15) is 0 Å². The summed E-state index contributed by atoms with van der Waals surface area (Å²) in [6.45, 7) is 3.23. The number of fused-ring (bicyclic) bond motifs is 1. The van der Waals surface area contributed by atoms with Gasteiger partial charge in [0.15, 0.2) is 5.17 Å². The zero-order chi connectivity index (χ0) is 28.3. The smallest absolute Gasteiger partial charge is 0.266 e. The molecule has 1 amide bonds. The van der Waals surface area contributed by atoms with E-state index in [1.807, 2.05) is 78.9 Å². The van der Waals surface area contributed by atoms with Crippen LogP contribution in [-0.4, -0.2) is 27.1 Å². The summed E-state index contributed by atoms with van der Waals surface area (Å²) in [5.74, 6) is -0.0295. The van der Waals surface area contributed by atoms with Gasteiger partial charge < -0.3 is 4.57 Å². The number of para-hydroxylation sites is 1. The van der Waals surface area contributed by atoms with Gasteiger partial charge >= 0.3 is 0 Å². The van der Waals surface area contributed by atoms with Gasteiger partial charge in [-0.3, -0.25) is 9.69 Å². The maximum Gasteiger partial charge on any atom is 0.266 e. The lowest BCUT2D eigenvalue weighted by molar-refractivity contribution is -0.122. The SMILES string of the molecule is Cc1ccc(N=C2S/C(=C/c3cn(Cc4ccc(Cl)c(Cl)c4)c4ccccc34)C(=O)N2CCc2ccccc2)cc1. The van der Waals surface area contributed by atoms with E-state index in [4.69, 9.17) is 28.2 Å². The summed E-state index contributed by atoms with van der Waals surface area (Å²) in [7, 11) is 0. The number of hydrogen-bond acceptors (Lipinski definition) is 3. The number of amides is 1. The normalized spacial score (nSPS) is 15.5. The highest BCUT2D eigenvalue weighted by molar-refractivity contribution is 8.18. The Balaban J connectivity index is 1.35. The van der Waals surface area contributed by atoms with Crippen LogP contribution in [0.25, 0.3) is 17.0 Å². The van der Waals surface area contributed by atoms with Crippen LogP contribution in [0.5, 0.6) is 0 Å². The fraction of sp³-hybridized carbons (Fsp3) is 0.118. The third kappa shape index (κ3) is 6.13. The second kappa shape index (κ2) is 12.0. The van der Waals surface area contributed by atoms with Crippen LogP contribution in [0.3, 0.4) is 0 Å². The van der Waals surface area contributed by atoms with Gasteiger partial charge in [0.25, 0.3) is 5.91 Å². The molecule has 0 radical (unpaired) electrons. The minimum absolute atomic E-state index is 0.0295. The van der Waals surface area contributed by atoms with Crippen LogP contribution >= 0.6 is 35.0 Å². The van der Waals surface area contributed by atoms with Gasteiger partial charge in [0.2, 0.25) is 0 Å². The van der Waals surface area contributed by atoms with Crippen molar-refractivity contribution in [3.8, 4) is 0 Å². The predicted molar refractivity (Wildman–Crippen MR) is 173 cm³/mol. The van der Waals surface area contributed by atoms with Crippen LogP contribution in [0.1, 0.15) is 22.3 Å². The summed E-state index contributed by atoms with van der Waals surface area (Å²) in [6.07, 6.45) is 4.83. The molecule has 5 aromatic rings. The Morgan fingerprint density at radius 3 is 2.39 bits per heavy atom. The first-order valence-electron chi connectivity index (χ1n) is 13.4. The average Bonchev–Trinajstić information content (AvgIpc) is 3.47. The summed E-state index contributed by atoms with van der Waals surface area (Å²) in [5.41, 5.74) is 6.29. The third-order valence-corrected chi connectivity index (χ3v) is 8.80. The van der Waals surface area contributed by atoms with E-state index in [0.29, 0.717) is 33.2 Å². The largest absolute Gasteiger partial charge is 0.342 e. The van der Waals surface area contributed by atoms with E-state index in [1.54, 1.807) is 4.90 Å². The lowest BCUT2D eigenvalue weighted by Crippen LogP contribution is -2.31. The Morgan fingerprint density at radius 2 is 1.61 bits per heavy atom. The van der Waals surface area contributed by atoms with E-state index in [0.717, 1.165) is 34.1 Å². The second-order valence-corrected chi connectivity index (χ2v) is 11.8. The van der Waals surface area contributed by atoms with Crippen molar-refractivity contribution in [3.05, 3.63) is 140 Å².